The molecule has 6 nitrogen and oxygen atoms in total. The van der Waals surface area contributed by atoms with Crippen LogP contribution in [0.2, 0.25) is 0 Å². The van der Waals surface area contributed by atoms with Gasteiger partial charge in [0.2, 0.25) is 0 Å². The molecular formula is C20H13N3O3S. The number of rotatable bonds is 5. The van der Waals surface area contributed by atoms with Crippen LogP contribution < -0.4 is 10.3 Å². The van der Waals surface area contributed by atoms with E-state index >= 15 is 0 Å². The maximum Gasteiger partial charge on any atom is 0.283 e. The van der Waals surface area contributed by atoms with Crippen molar-refractivity contribution in [1.82, 2.24) is 9.66 Å². The SMILES string of the molecule is C#CCOc1ccccc1/C=N\n1cnc2scc(-c3ccco3)c2c1=O. The predicted molar refractivity (Wildman–Crippen MR) is 105 cm³/mol. The fraction of sp³-hybridized carbons (Fsp3) is 0.0500. The van der Waals surface area contributed by atoms with Crippen molar-refractivity contribution < 1.29 is 9.15 Å². The summed E-state index contributed by atoms with van der Waals surface area (Å²) in [5, 5.41) is 6.59. The molecule has 27 heavy (non-hydrogen) atoms. The smallest absolute Gasteiger partial charge is 0.283 e. The Bertz CT molecular complexity index is 1210. The van der Waals surface area contributed by atoms with E-state index in [1.807, 2.05) is 23.6 Å². The molecule has 0 fully saturated rings. The topological polar surface area (TPSA) is 69.6 Å². The highest BCUT2D eigenvalue weighted by atomic mass is 32.1. The van der Waals surface area contributed by atoms with Gasteiger partial charge in [-0.25, -0.2) is 4.98 Å². The average Bonchev–Trinajstić information content (AvgIpc) is 3.36. The number of fused-ring (bicyclic) bond motifs is 1. The van der Waals surface area contributed by atoms with E-state index in [0.717, 1.165) is 0 Å². The molecule has 3 aromatic heterocycles. The van der Waals surface area contributed by atoms with Crippen molar-refractivity contribution in [1.29, 1.82) is 0 Å². The zero-order valence-electron chi connectivity index (χ0n) is 14.0. The first-order valence-electron chi connectivity index (χ1n) is 8.00. The van der Waals surface area contributed by atoms with E-state index in [2.05, 4.69) is 16.0 Å². The zero-order chi connectivity index (χ0) is 18.6. The summed E-state index contributed by atoms with van der Waals surface area (Å²) in [6.07, 6.45) is 9.75. The van der Waals surface area contributed by atoms with Crippen molar-refractivity contribution in [2.75, 3.05) is 6.61 Å². The third-order valence-electron chi connectivity index (χ3n) is 3.82. The van der Waals surface area contributed by atoms with Crippen LogP contribution in [0.4, 0.5) is 0 Å². The molecule has 4 rings (SSSR count). The molecule has 132 valence electrons. The first kappa shape index (κ1) is 16.8. The van der Waals surface area contributed by atoms with Crippen molar-refractivity contribution in [2.24, 2.45) is 5.10 Å². The Morgan fingerprint density at radius 3 is 3.04 bits per heavy atom. The molecule has 0 saturated heterocycles. The Kier molecular flexibility index (Phi) is 4.56. The summed E-state index contributed by atoms with van der Waals surface area (Å²) in [6, 6.07) is 10.9. The van der Waals surface area contributed by atoms with Crippen LogP contribution in [0.5, 0.6) is 5.75 Å². The molecule has 0 saturated carbocycles. The van der Waals surface area contributed by atoms with Gasteiger partial charge in [0.25, 0.3) is 5.56 Å². The van der Waals surface area contributed by atoms with E-state index in [4.69, 9.17) is 15.6 Å². The zero-order valence-corrected chi connectivity index (χ0v) is 14.8. The summed E-state index contributed by atoms with van der Waals surface area (Å²) < 4.78 is 12.1. The van der Waals surface area contributed by atoms with Gasteiger partial charge in [0.05, 0.1) is 17.9 Å². The van der Waals surface area contributed by atoms with Gasteiger partial charge >= 0.3 is 0 Å². The summed E-state index contributed by atoms with van der Waals surface area (Å²) in [7, 11) is 0. The Morgan fingerprint density at radius 2 is 2.22 bits per heavy atom. The normalized spacial score (nSPS) is 11.1. The molecule has 0 radical (unpaired) electrons. The molecule has 0 aliphatic heterocycles. The van der Waals surface area contributed by atoms with Crippen LogP contribution in [-0.4, -0.2) is 22.5 Å². The number of thiophene rings is 1. The lowest BCUT2D eigenvalue weighted by atomic mass is 10.2. The molecule has 0 N–H and O–H groups in total. The number of furan rings is 1. The van der Waals surface area contributed by atoms with Crippen LogP contribution in [0.15, 0.2) is 68.7 Å². The number of para-hydroxylation sites is 1. The van der Waals surface area contributed by atoms with Crippen molar-refractivity contribution in [3.8, 4) is 29.4 Å². The van der Waals surface area contributed by atoms with E-state index < -0.39 is 0 Å². The van der Waals surface area contributed by atoms with Crippen molar-refractivity contribution in [3.63, 3.8) is 0 Å². The molecule has 0 aliphatic rings. The summed E-state index contributed by atoms with van der Waals surface area (Å²) in [5.41, 5.74) is 1.14. The van der Waals surface area contributed by atoms with Gasteiger partial charge in [0, 0.05) is 16.5 Å². The third kappa shape index (κ3) is 3.26. The molecule has 4 aromatic rings. The highest BCUT2D eigenvalue weighted by Crippen LogP contribution is 2.30. The predicted octanol–water partition coefficient (Wildman–Crippen LogP) is 3.61. The number of benzene rings is 1. The minimum atomic E-state index is -0.272. The maximum atomic E-state index is 12.9. The molecule has 0 spiro atoms. The van der Waals surface area contributed by atoms with E-state index in [1.54, 1.807) is 30.7 Å². The second kappa shape index (κ2) is 7.32. The summed E-state index contributed by atoms with van der Waals surface area (Å²) in [6.45, 7) is 0.153. The molecule has 0 atom stereocenters. The average molecular weight is 375 g/mol. The van der Waals surface area contributed by atoms with Crippen molar-refractivity contribution in [2.45, 2.75) is 0 Å². The van der Waals surface area contributed by atoms with Gasteiger partial charge in [-0.15, -0.1) is 17.8 Å². The summed E-state index contributed by atoms with van der Waals surface area (Å²) in [5.74, 6) is 3.63. The van der Waals surface area contributed by atoms with Gasteiger partial charge in [-0.3, -0.25) is 4.79 Å². The second-order valence-electron chi connectivity index (χ2n) is 5.48. The third-order valence-corrected chi connectivity index (χ3v) is 4.70. The standard InChI is InChI=1S/C20H13N3O3S/c1-2-9-25-16-7-4-3-6-14(16)11-22-23-13-21-19-18(20(23)24)15(12-27-19)17-8-5-10-26-17/h1,3-8,10-13H,9H2/b22-11-. The van der Waals surface area contributed by atoms with E-state index in [0.29, 0.717) is 32.9 Å². The molecule has 0 amide bonds. The highest BCUT2D eigenvalue weighted by Gasteiger charge is 2.14. The van der Waals surface area contributed by atoms with Crippen LogP contribution in [0.1, 0.15) is 5.56 Å². The molecular weight excluding hydrogens is 362 g/mol. The maximum absolute atomic E-state index is 12.9. The van der Waals surface area contributed by atoms with Gasteiger partial charge in [0.15, 0.2) is 0 Å². The van der Waals surface area contributed by atoms with Crippen LogP contribution >= 0.6 is 11.3 Å². The first-order chi connectivity index (χ1) is 13.3. The van der Waals surface area contributed by atoms with E-state index in [-0.39, 0.29) is 12.2 Å². The monoisotopic (exact) mass is 375 g/mol. The van der Waals surface area contributed by atoms with Gasteiger partial charge < -0.3 is 9.15 Å². The lowest BCUT2D eigenvalue weighted by Crippen LogP contribution is -2.16. The molecule has 1 aromatic carbocycles. The minimum Gasteiger partial charge on any atom is -0.480 e. The first-order valence-corrected chi connectivity index (χ1v) is 8.88. The molecule has 7 heteroatoms. The Labute approximate surface area is 158 Å². The number of ether oxygens (including phenoxy) is 1. The van der Waals surface area contributed by atoms with Gasteiger partial charge in [-0.2, -0.15) is 9.78 Å². The molecule has 0 unspecified atom stereocenters. The quantitative estimate of drug-likeness (QED) is 0.395. The lowest BCUT2D eigenvalue weighted by molar-refractivity contribution is 0.370. The van der Waals surface area contributed by atoms with E-state index in [9.17, 15) is 4.79 Å². The number of terminal acetylenes is 1. The Balaban J connectivity index is 1.75. The van der Waals surface area contributed by atoms with Gasteiger partial charge in [-0.05, 0) is 24.3 Å². The second-order valence-corrected chi connectivity index (χ2v) is 6.33. The van der Waals surface area contributed by atoms with Crippen LogP contribution in [-0.2, 0) is 0 Å². The number of hydrogen-bond donors (Lipinski definition) is 0. The van der Waals surface area contributed by atoms with E-state index in [1.165, 1.54) is 22.3 Å². The number of hydrogen-bond acceptors (Lipinski definition) is 6. The fourth-order valence-corrected chi connectivity index (χ4v) is 3.47. The largest absolute Gasteiger partial charge is 0.480 e. The van der Waals surface area contributed by atoms with Crippen molar-refractivity contribution >= 4 is 27.8 Å². The van der Waals surface area contributed by atoms with Crippen LogP contribution in [0.3, 0.4) is 0 Å². The summed E-state index contributed by atoms with van der Waals surface area (Å²) >= 11 is 1.39. The lowest BCUT2D eigenvalue weighted by Gasteiger charge is -2.05. The van der Waals surface area contributed by atoms with Crippen molar-refractivity contribution in [3.05, 3.63) is 70.3 Å². The molecule has 3 heterocycles. The molecule has 0 aliphatic carbocycles. The minimum absolute atomic E-state index is 0.153. The number of aromatic nitrogens is 2. The summed E-state index contributed by atoms with van der Waals surface area (Å²) in [4.78, 5) is 17.9. The highest BCUT2D eigenvalue weighted by molar-refractivity contribution is 7.17. The molecule has 0 bridgehead atoms. The Morgan fingerprint density at radius 1 is 1.33 bits per heavy atom. The number of nitrogens with zero attached hydrogens (tertiary/aromatic N) is 3. The van der Waals surface area contributed by atoms with Gasteiger partial charge in [-0.1, -0.05) is 18.1 Å². The fourth-order valence-electron chi connectivity index (χ4n) is 2.58. The van der Waals surface area contributed by atoms with Gasteiger partial charge in [0.1, 0.15) is 29.3 Å². The Hall–Kier alpha value is -3.63. The van der Waals surface area contributed by atoms with Crippen LogP contribution in [0, 0.1) is 12.3 Å². The van der Waals surface area contributed by atoms with Crippen LogP contribution in [0.25, 0.3) is 21.5 Å².